The van der Waals surface area contributed by atoms with E-state index >= 15 is 0 Å². The van der Waals surface area contributed by atoms with Crippen molar-refractivity contribution in [2.45, 2.75) is 23.9 Å². The Morgan fingerprint density at radius 1 is 0.938 bits per heavy atom. The molecule has 98 valence electrons. The Hall–Kier alpha value is -0.280. The minimum Gasteiger partial charge on any atom is -0.394 e. The van der Waals surface area contributed by atoms with Crippen molar-refractivity contribution < 1.29 is 35.0 Å². The molecule has 7 nitrogen and oxygen atoms in total. The number of methoxy groups -OCH3 is 2. The summed E-state index contributed by atoms with van der Waals surface area (Å²) in [5.74, 6) is 0. The minimum atomic E-state index is -2.30. The molecule has 0 rings (SSSR count). The van der Waals surface area contributed by atoms with Gasteiger partial charge in [-0.15, -0.1) is 0 Å². The molecule has 0 bridgehead atoms. The fourth-order valence-electron chi connectivity index (χ4n) is 1.40. The van der Waals surface area contributed by atoms with Gasteiger partial charge in [-0.25, -0.2) is 0 Å². The maximum atomic E-state index is 10.0. The second-order valence-electron chi connectivity index (χ2n) is 3.53. The van der Waals surface area contributed by atoms with Crippen LogP contribution in [-0.2, 0) is 9.47 Å². The van der Waals surface area contributed by atoms with Crippen molar-refractivity contribution in [2.75, 3.05) is 34.0 Å². The second kappa shape index (κ2) is 7.13. The molecule has 7 heteroatoms. The maximum Gasteiger partial charge on any atom is 0.149 e. The van der Waals surface area contributed by atoms with Crippen LogP contribution in [0.25, 0.3) is 0 Å². The summed E-state index contributed by atoms with van der Waals surface area (Å²) >= 11 is 0. The quantitative estimate of drug-likeness (QED) is 0.308. The van der Waals surface area contributed by atoms with Gasteiger partial charge >= 0.3 is 0 Å². The highest BCUT2D eigenvalue weighted by atomic mass is 16.5. The van der Waals surface area contributed by atoms with Gasteiger partial charge in [0.2, 0.25) is 0 Å². The Morgan fingerprint density at radius 2 is 1.31 bits per heavy atom. The predicted octanol–water partition coefficient (Wildman–Crippen LogP) is -2.91. The van der Waals surface area contributed by atoms with E-state index in [1.807, 2.05) is 0 Å². The van der Waals surface area contributed by atoms with Crippen molar-refractivity contribution in [1.29, 1.82) is 0 Å². The first-order chi connectivity index (χ1) is 7.44. The summed E-state index contributed by atoms with van der Waals surface area (Å²) in [6, 6.07) is 0. The smallest absolute Gasteiger partial charge is 0.149 e. The molecule has 0 aromatic carbocycles. The molecule has 16 heavy (non-hydrogen) atoms. The highest BCUT2D eigenvalue weighted by molar-refractivity contribution is 4.98. The van der Waals surface area contributed by atoms with Crippen molar-refractivity contribution in [3.63, 3.8) is 0 Å². The summed E-state index contributed by atoms with van der Waals surface area (Å²) in [5.41, 5.74) is -2.30. The number of hydrogen-bond acceptors (Lipinski definition) is 7. The number of aliphatic hydroxyl groups excluding tert-OH is 4. The summed E-state index contributed by atoms with van der Waals surface area (Å²) in [7, 11) is 2.58. The molecule has 0 saturated heterocycles. The normalized spacial score (nSPS) is 21.2. The van der Waals surface area contributed by atoms with E-state index in [1.54, 1.807) is 0 Å². The van der Waals surface area contributed by atoms with E-state index in [1.165, 1.54) is 14.2 Å². The van der Waals surface area contributed by atoms with Crippen LogP contribution in [-0.4, -0.2) is 83.5 Å². The predicted molar refractivity (Wildman–Crippen MR) is 53.8 cm³/mol. The molecule has 0 fully saturated rings. The van der Waals surface area contributed by atoms with E-state index in [0.29, 0.717) is 0 Å². The standard InChI is InChI=1S/C9H20O7/c1-15-4-7(12)9(14,6(11)3-10)8(13)5-16-2/h6-8,10-14H,3-5H2,1-2H3. The van der Waals surface area contributed by atoms with Crippen LogP contribution >= 0.6 is 0 Å². The van der Waals surface area contributed by atoms with Gasteiger partial charge in [-0.05, 0) is 0 Å². The van der Waals surface area contributed by atoms with Crippen LogP contribution in [0.4, 0.5) is 0 Å². The maximum absolute atomic E-state index is 10.0. The van der Waals surface area contributed by atoms with Gasteiger partial charge < -0.3 is 35.0 Å². The molecule has 0 aromatic heterocycles. The molecule has 0 spiro atoms. The third kappa shape index (κ3) is 3.36. The summed E-state index contributed by atoms with van der Waals surface area (Å²) in [6.07, 6.45) is -4.81. The van der Waals surface area contributed by atoms with Gasteiger partial charge in [-0.1, -0.05) is 0 Å². The van der Waals surface area contributed by atoms with Crippen LogP contribution in [0.2, 0.25) is 0 Å². The molecule has 0 amide bonds. The summed E-state index contributed by atoms with van der Waals surface area (Å²) in [5, 5.41) is 47.4. The van der Waals surface area contributed by atoms with Gasteiger partial charge in [0.25, 0.3) is 0 Å². The molecular formula is C9H20O7. The van der Waals surface area contributed by atoms with Gasteiger partial charge in [0.1, 0.15) is 23.9 Å². The molecular weight excluding hydrogens is 220 g/mol. The van der Waals surface area contributed by atoms with Crippen molar-refractivity contribution in [2.24, 2.45) is 0 Å². The van der Waals surface area contributed by atoms with E-state index < -0.39 is 30.5 Å². The van der Waals surface area contributed by atoms with Gasteiger partial charge in [0.05, 0.1) is 19.8 Å². The first-order valence-corrected chi connectivity index (χ1v) is 4.80. The lowest BCUT2D eigenvalue weighted by Gasteiger charge is -2.39. The zero-order chi connectivity index (χ0) is 12.8. The fourth-order valence-corrected chi connectivity index (χ4v) is 1.40. The largest absolute Gasteiger partial charge is 0.394 e. The third-order valence-corrected chi connectivity index (χ3v) is 2.42. The van der Waals surface area contributed by atoms with Gasteiger partial charge in [0.15, 0.2) is 0 Å². The summed E-state index contributed by atoms with van der Waals surface area (Å²) in [4.78, 5) is 0. The zero-order valence-electron chi connectivity index (χ0n) is 9.41. The van der Waals surface area contributed by atoms with E-state index in [2.05, 4.69) is 9.47 Å². The Labute approximate surface area is 93.9 Å². The highest BCUT2D eigenvalue weighted by Gasteiger charge is 2.48. The van der Waals surface area contributed by atoms with E-state index in [0.717, 1.165) is 0 Å². The average molecular weight is 240 g/mol. The summed E-state index contributed by atoms with van der Waals surface area (Å²) in [6.45, 7) is -1.40. The van der Waals surface area contributed by atoms with E-state index in [4.69, 9.17) is 5.11 Å². The van der Waals surface area contributed by atoms with Crippen molar-refractivity contribution in [1.82, 2.24) is 0 Å². The van der Waals surface area contributed by atoms with Crippen LogP contribution in [0.3, 0.4) is 0 Å². The zero-order valence-corrected chi connectivity index (χ0v) is 9.41. The lowest BCUT2D eigenvalue weighted by atomic mass is 9.85. The van der Waals surface area contributed by atoms with Crippen LogP contribution in [0.5, 0.6) is 0 Å². The molecule has 0 aliphatic rings. The first-order valence-electron chi connectivity index (χ1n) is 4.80. The first kappa shape index (κ1) is 15.7. The average Bonchev–Trinajstić information content (AvgIpc) is 2.27. The lowest BCUT2D eigenvalue weighted by molar-refractivity contribution is -0.224. The molecule has 3 unspecified atom stereocenters. The van der Waals surface area contributed by atoms with Crippen LogP contribution in [0.15, 0.2) is 0 Å². The van der Waals surface area contributed by atoms with E-state index in [9.17, 15) is 20.4 Å². The van der Waals surface area contributed by atoms with Crippen molar-refractivity contribution in [3.05, 3.63) is 0 Å². The van der Waals surface area contributed by atoms with Crippen molar-refractivity contribution >= 4 is 0 Å². The second-order valence-corrected chi connectivity index (χ2v) is 3.53. The Morgan fingerprint density at radius 3 is 1.56 bits per heavy atom. The Balaban J connectivity index is 4.85. The lowest BCUT2D eigenvalue weighted by Crippen LogP contribution is -2.63. The fraction of sp³-hybridized carbons (Fsp3) is 1.00. The molecule has 0 aliphatic carbocycles. The summed E-state index contributed by atoms with van der Waals surface area (Å²) < 4.78 is 9.24. The van der Waals surface area contributed by atoms with Gasteiger partial charge in [0, 0.05) is 14.2 Å². The molecule has 0 aromatic rings. The minimum absolute atomic E-state index is 0.297. The Bertz CT molecular complexity index is 175. The molecule has 0 radical (unpaired) electrons. The molecule has 5 N–H and O–H groups in total. The van der Waals surface area contributed by atoms with Crippen LogP contribution in [0.1, 0.15) is 0 Å². The monoisotopic (exact) mass is 240 g/mol. The van der Waals surface area contributed by atoms with Gasteiger partial charge in [-0.3, -0.25) is 0 Å². The Kier molecular flexibility index (Phi) is 7.00. The van der Waals surface area contributed by atoms with Gasteiger partial charge in [-0.2, -0.15) is 0 Å². The number of hydrogen-bond donors (Lipinski definition) is 5. The third-order valence-electron chi connectivity index (χ3n) is 2.42. The molecule has 0 saturated carbocycles. The van der Waals surface area contributed by atoms with Crippen molar-refractivity contribution in [3.8, 4) is 0 Å². The SMILES string of the molecule is COCC(O)C(O)(C(O)CO)C(O)COC. The highest BCUT2D eigenvalue weighted by Crippen LogP contribution is 2.22. The number of aliphatic hydroxyl groups is 5. The van der Waals surface area contributed by atoms with Crippen LogP contribution in [0, 0.1) is 0 Å². The molecule has 0 aliphatic heterocycles. The van der Waals surface area contributed by atoms with Crippen LogP contribution < -0.4 is 0 Å². The topological polar surface area (TPSA) is 120 Å². The molecule has 0 heterocycles. The number of rotatable bonds is 8. The number of ether oxygens (including phenoxy) is 2. The van der Waals surface area contributed by atoms with E-state index in [-0.39, 0.29) is 13.2 Å². The molecule has 3 atom stereocenters.